The second kappa shape index (κ2) is 6.26. The number of nitrogens with zero attached hydrogens (tertiary/aromatic N) is 1. The van der Waals surface area contributed by atoms with Gasteiger partial charge >= 0.3 is 0 Å². The van der Waals surface area contributed by atoms with Crippen LogP contribution in [-0.4, -0.2) is 10.9 Å². The van der Waals surface area contributed by atoms with Gasteiger partial charge in [-0.25, -0.2) is 4.98 Å². The van der Waals surface area contributed by atoms with Crippen molar-refractivity contribution in [2.45, 2.75) is 26.3 Å². The van der Waals surface area contributed by atoms with Gasteiger partial charge in [-0.3, -0.25) is 4.79 Å². The second-order valence-electron chi connectivity index (χ2n) is 5.89. The average Bonchev–Trinajstić information content (AvgIpc) is 3.17. The van der Waals surface area contributed by atoms with Gasteiger partial charge in [0.1, 0.15) is 9.88 Å². The van der Waals surface area contributed by atoms with E-state index >= 15 is 0 Å². The highest BCUT2D eigenvalue weighted by Gasteiger charge is 2.25. The van der Waals surface area contributed by atoms with Crippen molar-refractivity contribution in [2.24, 2.45) is 0 Å². The van der Waals surface area contributed by atoms with E-state index < -0.39 is 5.54 Å². The lowest BCUT2D eigenvalue weighted by atomic mass is 9.94. The van der Waals surface area contributed by atoms with Crippen LogP contribution in [0.25, 0.3) is 10.6 Å². The molecular weight excluding hydrogens is 324 g/mol. The largest absolute Gasteiger partial charge is 0.342 e. The number of nitrogens with one attached hydrogen (secondary N) is 1. The molecule has 3 nitrogen and oxygen atoms in total. The lowest BCUT2D eigenvalue weighted by Gasteiger charge is -2.26. The van der Waals surface area contributed by atoms with Gasteiger partial charge in [0.15, 0.2) is 0 Å². The Labute approximate surface area is 144 Å². The molecule has 0 aliphatic heterocycles. The minimum atomic E-state index is -0.433. The molecule has 0 atom stereocenters. The molecule has 0 fully saturated rings. The first-order valence-electron chi connectivity index (χ1n) is 7.35. The average molecular weight is 342 g/mol. The van der Waals surface area contributed by atoms with E-state index in [2.05, 4.69) is 10.3 Å². The molecule has 0 aliphatic rings. The standard InChI is InChI=1S/C18H18N2OS2/c1-12-15(23-17(19-12)13-9-10-22-11-13)16(21)20-18(2,3)14-7-5-4-6-8-14/h4-11H,1-3H3,(H,20,21). The summed E-state index contributed by atoms with van der Waals surface area (Å²) in [4.78, 5) is 17.9. The molecule has 0 spiro atoms. The zero-order valence-corrected chi connectivity index (χ0v) is 14.9. The number of carbonyl (C=O) groups is 1. The lowest BCUT2D eigenvalue weighted by molar-refractivity contribution is 0.0915. The van der Waals surface area contributed by atoms with Crippen LogP contribution >= 0.6 is 22.7 Å². The molecule has 1 N–H and O–H groups in total. The quantitative estimate of drug-likeness (QED) is 0.737. The van der Waals surface area contributed by atoms with E-state index in [1.807, 2.05) is 67.9 Å². The van der Waals surface area contributed by atoms with Crippen molar-refractivity contribution in [2.75, 3.05) is 0 Å². The zero-order chi connectivity index (χ0) is 16.4. The zero-order valence-electron chi connectivity index (χ0n) is 13.3. The fourth-order valence-electron chi connectivity index (χ4n) is 2.38. The maximum absolute atomic E-state index is 12.7. The molecule has 5 heteroatoms. The monoisotopic (exact) mass is 342 g/mol. The van der Waals surface area contributed by atoms with E-state index in [9.17, 15) is 4.79 Å². The molecule has 0 radical (unpaired) electrons. The number of amides is 1. The molecule has 3 aromatic rings. The maximum Gasteiger partial charge on any atom is 0.263 e. The smallest absolute Gasteiger partial charge is 0.263 e. The summed E-state index contributed by atoms with van der Waals surface area (Å²) in [7, 11) is 0. The second-order valence-corrected chi connectivity index (χ2v) is 7.67. The lowest BCUT2D eigenvalue weighted by Crippen LogP contribution is -2.40. The van der Waals surface area contributed by atoms with Gasteiger partial charge in [0, 0.05) is 10.9 Å². The Morgan fingerprint density at radius 1 is 1.17 bits per heavy atom. The summed E-state index contributed by atoms with van der Waals surface area (Å²) in [5.74, 6) is -0.0738. The van der Waals surface area contributed by atoms with Crippen molar-refractivity contribution in [1.82, 2.24) is 10.3 Å². The van der Waals surface area contributed by atoms with Gasteiger partial charge in [0.2, 0.25) is 0 Å². The Balaban J connectivity index is 1.84. The predicted octanol–water partition coefficient (Wildman–Crippen LogP) is 4.85. The summed E-state index contributed by atoms with van der Waals surface area (Å²) >= 11 is 3.08. The van der Waals surface area contributed by atoms with Crippen molar-refractivity contribution < 1.29 is 4.79 Å². The Kier molecular flexibility index (Phi) is 4.33. The van der Waals surface area contributed by atoms with Gasteiger partial charge < -0.3 is 5.32 Å². The number of thiazole rings is 1. The number of aromatic nitrogens is 1. The third-order valence-electron chi connectivity index (χ3n) is 3.69. The van der Waals surface area contributed by atoms with E-state index in [1.54, 1.807) is 11.3 Å². The Bertz CT molecular complexity index is 805. The van der Waals surface area contributed by atoms with Crippen LogP contribution in [0, 0.1) is 6.92 Å². The summed E-state index contributed by atoms with van der Waals surface area (Å²) in [5, 5.41) is 8.08. The summed E-state index contributed by atoms with van der Waals surface area (Å²) in [6, 6.07) is 12.0. The molecule has 0 bridgehead atoms. The van der Waals surface area contributed by atoms with Gasteiger partial charge in [-0.1, -0.05) is 30.3 Å². The first-order valence-corrected chi connectivity index (χ1v) is 9.11. The molecule has 118 valence electrons. The van der Waals surface area contributed by atoms with E-state index in [1.165, 1.54) is 11.3 Å². The fourth-order valence-corrected chi connectivity index (χ4v) is 4.06. The molecule has 1 aromatic carbocycles. The van der Waals surface area contributed by atoms with Crippen LogP contribution in [0.1, 0.15) is 34.8 Å². The van der Waals surface area contributed by atoms with Crippen LogP contribution in [0.3, 0.4) is 0 Å². The maximum atomic E-state index is 12.7. The first kappa shape index (κ1) is 15.9. The van der Waals surface area contributed by atoms with E-state index in [4.69, 9.17) is 0 Å². The third kappa shape index (κ3) is 3.35. The van der Waals surface area contributed by atoms with Crippen LogP contribution in [0.2, 0.25) is 0 Å². The van der Waals surface area contributed by atoms with Crippen molar-refractivity contribution >= 4 is 28.6 Å². The van der Waals surface area contributed by atoms with E-state index in [0.29, 0.717) is 4.88 Å². The Morgan fingerprint density at radius 2 is 1.91 bits per heavy atom. The van der Waals surface area contributed by atoms with Crippen LogP contribution < -0.4 is 5.32 Å². The SMILES string of the molecule is Cc1nc(-c2ccsc2)sc1C(=O)NC(C)(C)c1ccccc1. The van der Waals surface area contributed by atoms with Crippen LogP contribution in [0.5, 0.6) is 0 Å². The highest BCUT2D eigenvalue weighted by molar-refractivity contribution is 7.17. The molecule has 0 saturated heterocycles. The molecule has 0 aliphatic carbocycles. The summed E-state index contributed by atoms with van der Waals surface area (Å²) < 4.78 is 0. The van der Waals surface area contributed by atoms with Crippen molar-refractivity contribution in [3.8, 4) is 10.6 Å². The van der Waals surface area contributed by atoms with Gasteiger partial charge in [0.25, 0.3) is 5.91 Å². The van der Waals surface area contributed by atoms with Crippen LogP contribution in [0.4, 0.5) is 0 Å². The van der Waals surface area contributed by atoms with Gasteiger partial charge in [-0.2, -0.15) is 11.3 Å². The minimum Gasteiger partial charge on any atom is -0.342 e. The summed E-state index contributed by atoms with van der Waals surface area (Å²) in [6.45, 7) is 5.91. The highest BCUT2D eigenvalue weighted by atomic mass is 32.1. The number of benzene rings is 1. The van der Waals surface area contributed by atoms with Gasteiger partial charge in [-0.15, -0.1) is 11.3 Å². The number of hydrogen-bond acceptors (Lipinski definition) is 4. The first-order chi connectivity index (χ1) is 11.0. The normalized spacial score (nSPS) is 11.4. The van der Waals surface area contributed by atoms with E-state index in [0.717, 1.165) is 21.8 Å². The van der Waals surface area contributed by atoms with E-state index in [-0.39, 0.29) is 5.91 Å². The van der Waals surface area contributed by atoms with Crippen LogP contribution in [-0.2, 0) is 5.54 Å². The Morgan fingerprint density at radius 3 is 2.57 bits per heavy atom. The topological polar surface area (TPSA) is 42.0 Å². The number of thiophene rings is 1. The number of carbonyl (C=O) groups excluding carboxylic acids is 1. The number of rotatable bonds is 4. The predicted molar refractivity (Wildman–Crippen MR) is 97.1 cm³/mol. The van der Waals surface area contributed by atoms with Gasteiger partial charge in [0.05, 0.1) is 11.2 Å². The van der Waals surface area contributed by atoms with Crippen LogP contribution in [0.15, 0.2) is 47.2 Å². The van der Waals surface area contributed by atoms with Gasteiger partial charge in [-0.05, 0) is 37.8 Å². The van der Waals surface area contributed by atoms with Crippen molar-refractivity contribution in [3.05, 3.63) is 63.3 Å². The third-order valence-corrected chi connectivity index (χ3v) is 5.58. The highest BCUT2D eigenvalue weighted by Crippen LogP contribution is 2.30. The molecule has 0 unspecified atom stereocenters. The molecule has 2 heterocycles. The summed E-state index contributed by atoms with van der Waals surface area (Å²) in [5.41, 5.74) is 2.49. The molecule has 0 saturated carbocycles. The Hall–Kier alpha value is -1.98. The number of aryl methyl sites for hydroxylation is 1. The molecule has 3 rings (SSSR count). The minimum absolute atomic E-state index is 0.0738. The fraction of sp³-hybridized carbons (Fsp3) is 0.222. The molecular formula is C18H18N2OS2. The molecule has 2 aromatic heterocycles. The van der Waals surface area contributed by atoms with Crippen molar-refractivity contribution in [3.63, 3.8) is 0 Å². The van der Waals surface area contributed by atoms with Crippen molar-refractivity contribution in [1.29, 1.82) is 0 Å². The summed E-state index contributed by atoms with van der Waals surface area (Å²) in [6.07, 6.45) is 0. The molecule has 23 heavy (non-hydrogen) atoms. The molecule has 1 amide bonds. The number of hydrogen-bond donors (Lipinski definition) is 1.